The highest BCUT2D eigenvalue weighted by Crippen LogP contribution is 2.50. The van der Waals surface area contributed by atoms with Gasteiger partial charge in [0.2, 0.25) is 11.8 Å². The van der Waals surface area contributed by atoms with Crippen molar-refractivity contribution in [1.29, 1.82) is 0 Å². The normalized spacial score (nSPS) is 28.6. The second kappa shape index (κ2) is 6.95. The van der Waals surface area contributed by atoms with E-state index in [4.69, 9.17) is 0 Å². The van der Waals surface area contributed by atoms with Gasteiger partial charge in [0.15, 0.2) is 0 Å². The smallest absolute Gasteiger partial charge is 0.327 e. The molecular formula is C16H24N2O4S. The highest BCUT2D eigenvalue weighted by atomic mass is 32.2. The molecule has 2 N–H and O–H groups in total. The van der Waals surface area contributed by atoms with Crippen molar-refractivity contribution in [2.24, 2.45) is 0 Å². The van der Waals surface area contributed by atoms with Crippen LogP contribution in [0.15, 0.2) is 12.2 Å². The van der Waals surface area contributed by atoms with E-state index < -0.39 is 22.8 Å². The average Bonchev–Trinajstić information content (AvgIpc) is 2.73. The van der Waals surface area contributed by atoms with E-state index in [0.717, 1.165) is 19.3 Å². The number of nitrogens with one attached hydrogen (secondary N) is 1. The van der Waals surface area contributed by atoms with E-state index >= 15 is 0 Å². The molecule has 2 saturated heterocycles. The first kappa shape index (κ1) is 17.8. The lowest BCUT2D eigenvalue weighted by atomic mass is 9.96. The van der Waals surface area contributed by atoms with Gasteiger partial charge in [-0.15, -0.1) is 11.8 Å². The van der Waals surface area contributed by atoms with Gasteiger partial charge in [0.25, 0.3) is 0 Å². The molecular weight excluding hydrogens is 316 g/mol. The number of thioether (sulfide) groups is 1. The van der Waals surface area contributed by atoms with Gasteiger partial charge in [-0.25, -0.2) is 4.79 Å². The van der Waals surface area contributed by atoms with Crippen molar-refractivity contribution in [3.63, 3.8) is 0 Å². The predicted octanol–water partition coefficient (Wildman–Crippen LogP) is 1.75. The molecule has 0 spiro atoms. The molecule has 2 aliphatic rings. The Kier molecular flexibility index (Phi) is 5.39. The van der Waals surface area contributed by atoms with Crippen LogP contribution in [0.2, 0.25) is 0 Å². The van der Waals surface area contributed by atoms with Crippen LogP contribution in [0, 0.1) is 0 Å². The number of fused-ring (bicyclic) bond motifs is 1. The number of carboxylic acids is 1. The summed E-state index contributed by atoms with van der Waals surface area (Å²) in [4.78, 5) is 36.9. The maximum Gasteiger partial charge on any atom is 0.327 e. The molecule has 7 heteroatoms. The summed E-state index contributed by atoms with van der Waals surface area (Å²) in [5.74, 6) is -1.50. The second-order valence-corrected chi connectivity index (χ2v) is 8.23. The molecule has 0 aromatic heterocycles. The van der Waals surface area contributed by atoms with Gasteiger partial charge in [-0.3, -0.25) is 9.59 Å². The molecule has 0 aromatic rings. The van der Waals surface area contributed by atoms with Crippen LogP contribution in [0.25, 0.3) is 0 Å². The van der Waals surface area contributed by atoms with E-state index in [-0.39, 0.29) is 23.6 Å². The molecule has 0 aromatic carbocycles. The van der Waals surface area contributed by atoms with Crippen LogP contribution in [0.1, 0.15) is 46.5 Å². The topological polar surface area (TPSA) is 86.7 Å². The Labute approximate surface area is 140 Å². The molecule has 2 aliphatic heterocycles. The summed E-state index contributed by atoms with van der Waals surface area (Å²) in [6.07, 6.45) is 7.20. The first-order valence-corrected chi connectivity index (χ1v) is 8.84. The third-order valence-electron chi connectivity index (χ3n) is 4.19. The number of rotatable bonds is 7. The van der Waals surface area contributed by atoms with Crippen LogP contribution in [-0.2, 0) is 14.4 Å². The molecule has 0 saturated carbocycles. The van der Waals surface area contributed by atoms with Gasteiger partial charge in [-0.2, -0.15) is 0 Å². The summed E-state index contributed by atoms with van der Waals surface area (Å²) in [5, 5.41) is 11.8. The van der Waals surface area contributed by atoms with Crippen molar-refractivity contribution in [2.45, 2.75) is 68.7 Å². The first-order valence-electron chi connectivity index (χ1n) is 7.96. The Hall–Kier alpha value is -1.50. The number of amides is 2. The molecule has 128 valence electrons. The van der Waals surface area contributed by atoms with Gasteiger partial charge in [-0.05, 0) is 20.3 Å². The predicted molar refractivity (Wildman–Crippen MR) is 88.9 cm³/mol. The quantitative estimate of drug-likeness (QED) is 0.419. The maximum atomic E-state index is 12.2. The summed E-state index contributed by atoms with van der Waals surface area (Å²) < 4.78 is -0.564. The molecule has 3 atom stereocenters. The molecule has 0 radical (unpaired) electrons. The third-order valence-corrected chi connectivity index (χ3v) is 5.76. The minimum absolute atomic E-state index is 0.201. The Balaban J connectivity index is 1.90. The van der Waals surface area contributed by atoms with Crippen molar-refractivity contribution < 1.29 is 19.5 Å². The monoisotopic (exact) mass is 340 g/mol. The number of hydrogen-bond acceptors (Lipinski definition) is 4. The summed E-state index contributed by atoms with van der Waals surface area (Å²) in [7, 11) is 0. The fraction of sp³-hybridized carbons (Fsp3) is 0.688. The second-order valence-electron chi connectivity index (χ2n) is 6.46. The van der Waals surface area contributed by atoms with Crippen LogP contribution in [0.4, 0.5) is 0 Å². The molecule has 2 amide bonds. The number of carbonyl (C=O) groups is 3. The SMILES string of the molecule is CCCC/C=C/CC(=O)N[C@@H]1C(=O)N2[C@@H]1SC(C)(C)[C@@H]2C(=O)O. The van der Waals surface area contributed by atoms with E-state index in [1.165, 1.54) is 16.7 Å². The number of unbranched alkanes of at least 4 members (excludes halogenated alkanes) is 2. The van der Waals surface area contributed by atoms with Gasteiger partial charge >= 0.3 is 5.97 Å². The summed E-state index contributed by atoms with van der Waals surface area (Å²) in [6.45, 7) is 5.74. The van der Waals surface area contributed by atoms with E-state index in [0.29, 0.717) is 0 Å². The molecule has 0 aliphatic carbocycles. The summed E-state index contributed by atoms with van der Waals surface area (Å²) >= 11 is 1.43. The number of carbonyl (C=O) groups excluding carboxylic acids is 2. The zero-order valence-corrected chi connectivity index (χ0v) is 14.6. The fourth-order valence-electron chi connectivity index (χ4n) is 3.01. The molecule has 0 bridgehead atoms. The van der Waals surface area contributed by atoms with Gasteiger partial charge in [0.1, 0.15) is 17.5 Å². The van der Waals surface area contributed by atoms with Crippen molar-refractivity contribution in [3.8, 4) is 0 Å². The summed E-state index contributed by atoms with van der Waals surface area (Å²) in [6, 6.07) is -1.45. The number of β-lactam (4-membered cyclic amide) rings is 1. The standard InChI is InChI=1S/C16H24N2O4S/c1-4-5-6-7-8-9-10(19)17-11-13(20)18-12(15(21)22)16(2,3)23-14(11)18/h7-8,11-12,14H,4-6,9H2,1-3H3,(H,17,19)(H,21,22)/b8-7+/t11-,12+,14-/m1/s1. The lowest BCUT2D eigenvalue weighted by molar-refractivity contribution is -0.161. The van der Waals surface area contributed by atoms with Gasteiger partial charge in [-0.1, -0.05) is 31.9 Å². The van der Waals surface area contributed by atoms with Crippen LogP contribution in [0.5, 0.6) is 0 Å². The van der Waals surface area contributed by atoms with E-state index in [9.17, 15) is 19.5 Å². The third kappa shape index (κ3) is 3.54. The van der Waals surface area contributed by atoms with E-state index in [1.807, 2.05) is 26.0 Å². The number of hydrogen-bond donors (Lipinski definition) is 2. The van der Waals surface area contributed by atoms with Gasteiger partial charge < -0.3 is 15.3 Å². The van der Waals surface area contributed by atoms with E-state index in [1.54, 1.807) is 0 Å². The highest BCUT2D eigenvalue weighted by Gasteiger charge is 2.64. The van der Waals surface area contributed by atoms with Crippen molar-refractivity contribution >= 4 is 29.5 Å². The van der Waals surface area contributed by atoms with Crippen LogP contribution in [0.3, 0.4) is 0 Å². The zero-order valence-electron chi connectivity index (χ0n) is 13.7. The molecule has 23 heavy (non-hydrogen) atoms. The number of carboxylic acid groups (broad SMARTS) is 1. The van der Waals surface area contributed by atoms with Crippen LogP contribution in [-0.4, -0.2) is 50.0 Å². The Bertz CT molecular complexity index is 532. The molecule has 2 fully saturated rings. The molecule has 0 unspecified atom stereocenters. The Morgan fingerprint density at radius 1 is 1.39 bits per heavy atom. The van der Waals surface area contributed by atoms with Crippen molar-refractivity contribution in [3.05, 3.63) is 12.2 Å². The Morgan fingerprint density at radius 2 is 2.09 bits per heavy atom. The highest BCUT2D eigenvalue weighted by molar-refractivity contribution is 8.01. The van der Waals surface area contributed by atoms with Gasteiger partial charge in [0.05, 0.1) is 0 Å². The number of allylic oxidation sites excluding steroid dienone is 1. The van der Waals surface area contributed by atoms with Crippen molar-refractivity contribution in [1.82, 2.24) is 10.2 Å². The molecule has 2 heterocycles. The zero-order chi connectivity index (χ0) is 17.2. The number of nitrogens with zero attached hydrogens (tertiary/aromatic N) is 1. The average molecular weight is 340 g/mol. The van der Waals surface area contributed by atoms with E-state index in [2.05, 4.69) is 12.2 Å². The lowest BCUT2D eigenvalue weighted by Crippen LogP contribution is -2.70. The van der Waals surface area contributed by atoms with Crippen LogP contribution >= 0.6 is 11.8 Å². The minimum Gasteiger partial charge on any atom is -0.480 e. The largest absolute Gasteiger partial charge is 0.480 e. The maximum absolute atomic E-state index is 12.2. The number of aliphatic carboxylic acids is 1. The first-order chi connectivity index (χ1) is 10.8. The summed E-state index contributed by atoms with van der Waals surface area (Å²) in [5.41, 5.74) is 0. The minimum atomic E-state index is -0.998. The van der Waals surface area contributed by atoms with Gasteiger partial charge in [0, 0.05) is 11.2 Å². The van der Waals surface area contributed by atoms with Crippen molar-refractivity contribution in [2.75, 3.05) is 0 Å². The van der Waals surface area contributed by atoms with Crippen LogP contribution < -0.4 is 5.32 Å². The molecule has 6 nitrogen and oxygen atoms in total. The molecule has 2 rings (SSSR count). The fourth-order valence-corrected chi connectivity index (χ4v) is 4.63. The Morgan fingerprint density at radius 3 is 2.70 bits per heavy atom. The lowest BCUT2D eigenvalue weighted by Gasteiger charge is -2.43.